The van der Waals surface area contributed by atoms with Crippen molar-refractivity contribution in [3.05, 3.63) is 72.2 Å². The van der Waals surface area contributed by atoms with Crippen LogP contribution < -0.4 is 10.6 Å². The lowest BCUT2D eigenvalue weighted by Crippen LogP contribution is -2.11. The zero-order chi connectivity index (χ0) is 21.8. The van der Waals surface area contributed by atoms with Gasteiger partial charge in [-0.05, 0) is 43.4 Å². The van der Waals surface area contributed by atoms with Crippen molar-refractivity contribution in [2.75, 3.05) is 17.2 Å². The number of halogens is 1. The van der Waals surface area contributed by atoms with Crippen LogP contribution in [-0.2, 0) is 6.42 Å². The van der Waals surface area contributed by atoms with E-state index in [4.69, 9.17) is 9.97 Å². The minimum absolute atomic E-state index is 0. The molecule has 33 heavy (non-hydrogen) atoms. The zero-order valence-electron chi connectivity index (χ0n) is 18.0. The van der Waals surface area contributed by atoms with E-state index >= 15 is 0 Å². The third kappa shape index (κ3) is 5.13. The summed E-state index contributed by atoms with van der Waals surface area (Å²) in [6, 6.07) is 17.4. The SMILES string of the molecule is C.Fc1ccccc1Nc1nc2cnc(NCCCc3ccccc3)nc2n1C1CCCC1. The highest BCUT2D eigenvalue weighted by Crippen LogP contribution is 2.36. The molecule has 0 saturated heterocycles. The molecule has 1 saturated carbocycles. The number of imidazole rings is 1. The maximum atomic E-state index is 14.3. The van der Waals surface area contributed by atoms with Gasteiger partial charge >= 0.3 is 0 Å². The molecule has 2 N–H and O–H groups in total. The van der Waals surface area contributed by atoms with Crippen LogP contribution in [-0.4, -0.2) is 26.1 Å². The third-order valence-corrected chi connectivity index (χ3v) is 6.01. The van der Waals surface area contributed by atoms with E-state index < -0.39 is 0 Å². The van der Waals surface area contributed by atoms with Crippen molar-refractivity contribution in [3.63, 3.8) is 0 Å². The fraction of sp³-hybridized carbons (Fsp3) is 0.346. The second kappa shape index (κ2) is 10.4. The molecule has 0 aliphatic heterocycles. The number of nitrogens with zero attached hydrogens (tertiary/aromatic N) is 4. The van der Waals surface area contributed by atoms with Gasteiger partial charge in [0.25, 0.3) is 0 Å². The van der Waals surface area contributed by atoms with Gasteiger partial charge in [-0.15, -0.1) is 0 Å². The summed E-state index contributed by atoms with van der Waals surface area (Å²) in [7, 11) is 0. The topological polar surface area (TPSA) is 67.7 Å². The average molecular weight is 447 g/mol. The summed E-state index contributed by atoms with van der Waals surface area (Å²) in [6.07, 6.45) is 8.25. The molecule has 2 heterocycles. The minimum Gasteiger partial charge on any atom is -0.354 e. The van der Waals surface area contributed by atoms with Crippen LogP contribution in [0.1, 0.15) is 51.1 Å². The first-order valence-electron chi connectivity index (χ1n) is 11.3. The van der Waals surface area contributed by atoms with Gasteiger partial charge in [0.05, 0.1) is 11.9 Å². The number of aryl methyl sites for hydroxylation is 1. The van der Waals surface area contributed by atoms with Crippen molar-refractivity contribution >= 4 is 28.7 Å². The number of para-hydroxylation sites is 1. The van der Waals surface area contributed by atoms with Crippen molar-refractivity contribution in [3.8, 4) is 0 Å². The summed E-state index contributed by atoms with van der Waals surface area (Å²) < 4.78 is 16.4. The number of rotatable bonds is 8. The van der Waals surface area contributed by atoms with Gasteiger partial charge in [-0.1, -0.05) is 62.7 Å². The van der Waals surface area contributed by atoms with Gasteiger partial charge in [0.15, 0.2) is 5.65 Å². The summed E-state index contributed by atoms with van der Waals surface area (Å²) >= 11 is 0. The number of fused-ring (bicyclic) bond motifs is 1. The molecule has 5 rings (SSSR count). The second-order valence-electron chi connectivity index (χ2n) is 8.27. The highest BCUT2D eigenvalue weighted by Gasteiger charge is 2.24. The molecule has 0 atom stereocenters. The van der Waals surface area contributed by atoms with Gasteiger partial charge in [-0.25, -0.2) is 14.4 Å². The van der Waals surface area contributed by atoms with Crippen LogP contribution in [0.15, 0.2) is 60.8 Å². The number of aromatic nitrogens is 4. The summed E-state index contributed by atoms with van der Waals surface area (Å²) in [4.78, 5) is 14.0. The molecule has 0 radical (unpaired) electrons. The van der Waals surface area contributed by atoms with Crippen LogP contribution in [0.3, 0.4) is 0 Å². The Morgan fingerprint density at radius 3 is 2.52 bits per heavy atom. The molecule has 0 amide bonds. The van der Waals surface area contributed by atoms with Crippen molar-refractivity contribution < 1.29 is 4.39 Å². The van der Waals surface area contributed by atoms with Crippen molar-refractivity contribution in [1.82, 2.24) is 19.5 Å². The first kappa shape index (κ1) is 22.7. The summed E-state index contributed by atoms with van der Waals surface area (Å²) in [5.74, 6) is 0.916. The number of nitrogens with one attached hydrogen (secondary N) is 2. The summed E-state index contributed by atoms with van der Waals surface area (Å²) in [5.41, 5.74) is 3.24. The molecule has 1 fully saturated rings. The molecule has 7 heteroatoms. The lowest BCUT2D eigenvalue weighted by molar-refractivity contribution is 0.535. The fourth-order valence-corrected chi connectivity index (χ4v) is 4.39. The van der Waals surface area contributed by atoms with Gasteiger partial charge in [-0.2, -0.15) is 4.98 Å². The monoisotopic (exact) mass is 446 g/mol. The number of benzene rings is 2. The number of hydrogen-bond donors (Lipinski definition) is 2. The first-order chi connectivity index (χ1) is 15.8. The molecular weight excluding hydrogens is 415 g/mol. The molecular formula is C26H31FN6. The van der Waals surface area contributed by atoms with Crippen LogP contribution in [0.5, 0.6) is 0 Å². The Bertz CT molecular complexity index is 1180. The molecule has 0 unspecified atom stereocenters. The Kier molecular flexibility index (Phi) is 7.17. The van der Waals surface area contributed by atoms with E-state index in [-0.39, 0.29) is 13.2 Å². The lowest BCUT2D eigenvalue weighted by atomic mass is 10.1. The summed E-state index contributed by atoms with van der Waals surface area (Å²) in [6.45, 7) is 0.790. The minimum atomic E-state index is -0.301. The maximum Gasteiger partial charge on any atom is 0.224 e. The maximum absolute atomic E-state index is 14.3. The average Bonchev–Trinajstić information content (AvgIpc) is 3.46. The van der Waals surface area contributed by atoms with Gasteiger partial charge in [0.1, 0.15) is 11.3 Å². The Morgan fingerprint density at radius 2 is 1.73 bits per heavy atom. The number of hydrogen-bond acceptors (Lipinski definition) is 5. The standard InChI is InChI=1S/C25H27FN6.CH4/c26-20-14-6-7-15-21(20)29-25-30-22-17-28-24(27-16-8-11-18-9-2-1-3-10-18)31-23(22)32(25)19-12-4-5-13-19;/h1-3,6-7,9-10,14-15,17,19H,4-5,8,11-13,16H2,(H,29,30)(H,27,28,31);1H4. The van der Waals surface area contributed by atoms with E-state index in [2.05, 4.69) is 44.5 Å². The second-order valence-corrected chi connectivity index (χ2v) is 8.27. The zero-order valence-corrected chi connectivity index (χ0v) is 18.0. The lowest BCUT2D eigenvalue weighted by Gasteiger charge is -2.17. The molecule has 4 aromatic rings. The van der Waals surface area contributed by atoms with E-state index in [1.54, 1.807) is 18.3 Å². The molecule has 1 aliphatic rings. The molecule has 2 aromatic heterocycles. The Morgan fingerprint density at radius 1 is 0.970 bits per heavy atom. The van der Waals surface area contributed by atoms with E-state index in [9.17, 15) is 4.39 Å². The molecule has 0 spiro atoms. The van der Waals surface area contributed by atoms with Crippen molar-refractivity contribution in [1.29, 1.82) is 0 Å². The van der Waals surface area contributed by atoms with Gasteiger partial charge in [0, 0.05) is 12.6 Å². The predicted molar refractivity (Wildman–Crippen MR) is 132 cm³/mol. The molecule has 172 valence electrons. The summed E-state index contributed by atoms with van der Waals surface area (Å²) in [5, 5.41) is 6.53. The third-order valence-electron chi connectivity index (χ3n) is 6.01. The molecule has 1 aliphatic carbocycles. The van der Waals surface area contributed by atoms with Crippen LogP contribution >= 0.6 is 0 Å². The van der Waals surface area contributed by atoms with E-state index in [0.717, 1.165) is 37.9 Å². The Balaban J connectivity index is 0.00000259. The highest BCUT2D eigenvalue weighted by atomic mass is 19.1. The van der Waals surface area contributed by atoms with E-state index in [1.807, 2.05) is 12.1 Å². The largest absolute Gasteiger partial charge is 0.354 e. The molecule has 6 nitrogen and oxygen atoms in total. The first-order valence-corrected chi connectivity index (χ1v) is 11.3. The van der Waals surface area contributed by atoms with Gasteiger partial charge < -0.3 is 10.6 Å². The number of anilines is 3. The van der Waals surface area contributed by atoms with Crippen molar-refractivity contribution in [2.45, 2.75) is 52.0 Å². The fourth-order valence-electron chi connectivity index (χ4n) is 4.39. The van der Waals surface area contributed by atoms with Gasteiger partial charge in [0.2, 0.25) is 11.9 Å². The van der Waals surface area contributed by atoms with E-state index in [0.29, 0.717) is 29.1 Å². The van der Waals surface area contributed by atoms with E-state index in [1.165, 1.54) is 24.5 Å². The normalized spacial score (nSPS) is 13.7. The van der Waals surface area contributed by atoms with Gasteiger partial charge in [-0.3, -0.25) is 4.57 Å². The molecule has 2 aromatic carbocycles. The highest BCUT2D eigenvalue weighted by molar-refractivity contribution is 5.76. The van der Waals surface area contributed by atoms with Crippen LogP contribution in [0.2, 0.25) is 0 Å². The van der Waals surface area contributed by atoms with Crippen LogP contribution in [0.4, 0.5) is 22.0 Å². The predicted octanol–water partition coefficient (Wildman–Crippen LogP) is 6.50. The Hall–Kier alpha value is -3.48. The van der Waals surface area contributed by atoms with Crippen LogP contribution in [0.25, 0.3) is 11.2 Å². The van der Waals surface area contributed by atoms with Crippen LogP contribution in [0, 0.1) is 5.82 Å². The molecule has 0 bridgehead atoms. The quantitative estimate of drug-likeness (QED) is 0.302. The Labute approximate surface area is 194 Å². The smallest absolute Gasteiger partial charge is 0.224 e. The van der Waals surface area contributed by atoms with Crippen molar-refractivity contribution in [2.24, 2.45) is 0 Å².